The van der Waals surface area contributed by atoms with Crippen LogP contribution in [-0.2, 0) is 14.8 Å². The Morgan fingerprint density at radius 1 is 1.04 bits per heavy atom. The van der Waals surface area contributed by atoms with Crippen molar-refractivity contribution in [1.82, 2.24) is 4.72 Å². The van der Waals surface area contributed by atoms with Gasteiger partial charge in [0.1, 0.15) is 5.75 Å². The number of hydrogen-bond donors (Lipinski definition) is 2. The Morgan fingerprint density at radius 2 is 1.77 bits per heavy atom. The molecule has 2 aromatic rings. The minimum Gasteiger partial charge on any atom is -0.493 e. The normalized spacial score (nSPS) is 11.2. The number of rotatable bonds is 7. The lowest BCUT2D eigenvalue weighted by molar-refractivity contribution is -0.116. The summed E-state index contributed by atoms with van der Waals surface area (Å²) in [5.41, 5.74) is 3.21. The summed E-state index contributed by atoms with van der Waals surface area (Å²) < 4.78 is 31.9. The van der Waals surface area contributed by atoms with E-state index in [4.69, 9.17) is 4.74 Å². The highest BCUT2D eigenvalue weighted by atomic mass is 32.2. The SMILES string of the molecule is CNS(=O)(=O)c1cc(NC(=O)CCOc2ccc(C)cc2C)ccc1C. The molecule has 6 nitrogen and oxygen atoms in total. The molecule has 2 aromatic carbocycles. The molecule has 1 amide bonds. The molecule has 26 heavy (non-hydrogen) atoms. The maximum absolute atomic E-state index is 12.1. The molecule has 0 saturated carbocycles. The number of amides is 1. The molecule has 140 valence electrons. The Bertz CT molecular complexity index is 908. The summed E-state index contributed by atoms with van der Waals surface area (Å²) in [6.45, 7) is 5.91. The van der Waals surface area contributed by atoms with Crippen molar-refractivity contribution in [3.05, 3.63) is 53.1 Å². The van der Waals surface area contributed by atoms with Crippen LogP contribution in [0.5, 0.6) is 5.75 Å². The first-order valence-corrected chi connectivity index (χ1v) is 9.75. The number of nitrogens with one attached hydrogen (secondary N) is 2. The minimum absolute atomic E-state index is 0.143. The topological polar surface area (TPSA) is 84.5 Å². The minimum atomic E-state index is -3.57. The fourth-order valence-corrected chi connectivity index (χ4v) is 3.51. The van der Waals surface area contributed by atoms with Crippen LogP contribution in [0.1, 0.15) is 23.1 Å². The van der Waals surface area contributed by atoms with Gasteiger partial charge in [-0.1, -0.05) is 23.8 Å². The third-order valence-electron chi connectivity index (χ3n) is 3.95. The number of benzene rings is 2. The quantitative estimate of drug-likeness (QED) is 0.778. The number of hydrogen-bond acceptors (Lipinski definition) is 4. The van der Waals surface area contributed by atoms with Gasteiger partial charge < -0.3 is 10.1 Å². The van der Waals surface area contributed by atoms with Crippen LogP contribution in [0.4, 0.5) is 5.69 Å². The number of sulfonamides is 1. The maximum atomic E-state index is 12.1. The van der Waals surface area contributed by atoms with Crippen LogP contribution in [0, 0.1) is 20.8 Å². The first-order chi connectivity index (χ1) is 12.2. The molecule has 0 spiro atoms. The van der Waals surface area contributed by atoms with Crippen molar-refractivity contribution in [2.45, 2.75) is 32.1 Å². The van der Waals surface area contributed by atoms with Crippen molar-refractivity contribution in [3.8, 4) is 5.75 Å². The summed E-state index contributed by atoms with van der Waals surface area (Å²) in [5.74, 6) is 0.507. The van der Waals surface area contributed by atoms with Gasteiger partial charge in [-0.3, -0.25) is 4.79 Å². The Kier molecular flexibility index (Phi) is 6.39. The van der Waals surface area contributed by atoms with Crippen LogP contribution in [0.15, 0.2) is 41.3 Å². The standard InChI is InChI=1S/C19H24N2O4S/c1-13-5-8-17(15(3)11-13)25-10-9-19(22)21-16-7-6-14(2)18(12-16)26(23,24)20-4/h5-8,11-12,20H,9-10H2,1-4H3,(H,21,22). The summed E-state index contributed by atoms with van der Waals surface area (Å²) in [7, 11) is -2.22. The van der Waals surface area contributed by atoms with E-state index < -0.39 is 10.0 Å². The molecule has 0 saturated heterocycles. The Labute approximate surface area is 154 Å². The first kappa shape index (κ1) is 19.9. The second-order valence-corrected chi connectivity index (χ2v) is 7.96. The smallest absolute Gasteiger partial charge is 0.240 e. The van der Waals surface area contributed by atoms with E-state index in [0.29, 0.717) is 11.3 Å². The predicted molar refractivity (Wildman–Crippen MR) is 102 cm³/mol. The van der Waals surface area contributed by atoms with E-state index in [1.807, 2.05) is 32.0 Å². The highest BCUT2D eigenvalue weighted by Gasteiger charge is 2.15. The van der Waals surface area contributed by atoms with E-state index in [0.717, 1.165) is 16.9 Å². The van der Waals surface area contributed by atoms with Crippen molar-refractivity contribution in [1.29, 1.82) is 0 Å². The van der Waals surface area contributed by atoms with Crippen LogP contribution in [-0.4, -0.2) is 28.0 Å². The number of carbonyl (C=O) groups is 1. The van der Waals surface area contributed by atoms with Crippen molar-refractivity contribution < 1.29 is 17.9 Å². The molecule has 0 unspecified atom stereocenters. The van der Waals surface area contributed by atoms with E-state index in [9.17, 15) is 13.2 Å². The van der Waals surface area contributed by atoms with Gasteiger partial charge in [0, 0.05) is 5.69 Å². The van der Waals surface area contributed by atoms with Gasteiger partial charge in [-0.25, -0.2) is 13.1 Å². The fourth-order valence-electron chi connectivity index (χ4n) is 2.52. The molecule has 0 radical (unpaired) electrons. The van der Waals surface area contributed by atoms with Gasteiger partial charge in [0.05, 0.1) is 17.9 Å². The molecule has 0 aliphatic carbocycles. The average Bonchev–Trinajstić information content (AvgIpc) is 2.58. The van der Waals surface area contributed by atoms with E-state index in [-0.39, 0.29) is 23.8 Å². The Hall–Kier alpha value is -2.38. The van der Waals surface area contributed by atoms with Gasteiger partial charge >= 0.3 is 0 Å². The molecular weight excluding hydrogens is 352 g/mol. The third-order valence-corrected chi connectivity index (χ3v) is 5.50. The summed E-state index contributed by atoms with van der Waals surface area (Å²) in [5, 5.41) is 2.70. The first-order valence-electron chi connectivity index (χ1n) is 8.27. The second kappa shape index (κ2) is 8.33. The van der Waals surface area contributed by atoms with Gasteiger partial charge in [0.2, 0.25) is 15.9 Å². The third kappa shape index (κ3) is 5.06. The van der Waals surface area contributed by atoms with E-state index in [1.165, 1.54) is 13.1 Å². The van der Waals surface area contributed by atoms with Crippen LogP contribution in [0.2, 0.25) is 0 Å². The average molecular weight is 376 g/mol. The summed E-state index contributed by atoms with van der Waals surface area (Å²) in [6.07, 6.45) is 0.162. The lowest BCUT2D eigenvalue weighted by Gasteiger charge is -2.12. The summed E-state index contributed by atoms with van der Waals surface area (Å²) in [6, 6.07) is 10.6. The highest BCUT2D eigenvalue weighted by Crippen LogP contribution is 2.21. The molecule has 0 aromatic heterocycles. The van der Waals surface area contributed by atoms with E-state index in [1.54, 1.807) is 19.1 Å². The molecular formula is C19H24N2O4S. The Balaban J connectivity index is 1.97. The number of ether oxygens (including phenoxy) is 1. The van der Waals surface area contributed by atoms with Crippen LogP contribution >= 0.6 is 0 Å². The van der Waals surface area contributed by atoms with Crippen molar-refractivity contribution in [3.63, 3.8) is 0 Å². The highest BCUT2D eigenvalue weighted by molar-refractivity contribution is 7.89. The maximum Gasteiger partial charge on any atom is 0.240 e. The molecule has 0 heterocycles. The lowest BCUT2D eigenvalue weighted by Crippen LogP contribution is -2.20. The van der Waals surface area contributed by atoms with Crippen LogP contribution in [0.25, 0.3) is 0 Å². The summed E-state index contributed by atoms with van der Waals surface area (Å²) in [4.78, 5) is 12.2. The fraction of sp³-hybridized carbons (Fsp3) is 0.316. The largest absolute Gasteiger partial charge is 0.493 e. The van der Waals surface area contributed by atoms with Crippen molar-refractivity contribution in [2.24, 2.45) is 0 Å². The molecule has 0 atom stereocenters. The van der Waals surface area contributed by atoms with Gasteiger partial charge in [0.15, 0.2) is 0 Å². The molecule has 0 aliphatic heterocycles. The Morgan fingerprint density at radius 3 is 2.42 bits per heavy atom. The molecule has 0 fully saturated rings. The number of aryl methyl sites for hydroxylation is 3. The second-order valence-electron chi connectivity index (χ2n) is 6.10. The molecule has 2 rings (SSSR count). The van der Waals surface area contributed by atoms with Crippen LogP contribution < -0.4 is 14.8 Å². The zero-order valence-corrected chi connectivity index (χ0v) is 16.2. The number of anilines is 1. The van der Waals surface area contributed by atoms with Gasteiger partial charge in [0.25, 0.3) is 0 Å². The molecule has 0 aliphatic rings. The zero-order chi connectivity index (χ0) is 19.3. The van der Waals surface area contributed by atoms with E-state index >= 15 is 0 Å². The molecule has 2 N–H and O–H groups in total. The zero-order valence-electron chi connectivity index (χ0n) is 15.4. The lowest BCUT2D eigenvalue weighted by atomic mass is 10.1. The van der Waals surface area contributed by atoms with E-state index in [2.05, 4.69) is 10.0 Å². The van der Waals surface area contributed by atoms with Gasteiger partial charge in [-0.2, -0.15) is 0 Å². The van der Waals surface area contributed by atoms with Gasteiger partial charge in [-0.05, 0) is 57.1 Å². The predicted octanol–water partition coefficient (Wildman–Crippen LogP) is 2.93. The van der Waals surface area contributed by atoms with Crippen LogP contribution in [0.3, 0.4) is 0 Å². The molecule has 0 bridgehead atoms. The van der Waals surface area contributed by atoms with Crippen molar-refractivity contribution >= 4 is 21.6 Å². The molecule has 7 heteroatoms. The van der Waals surface area contributed by atoms with Crippen molar-refractivity contribution in [2.75, 3.05) is 19.0 Å². The number of carbonyl (C=O) groups excluding carboxylic acids is 1. The monoisotopic (exact) mass is 376 g/mol. The summed E-state index contributed by atoms with van der Waals surface area (Å²) >= 11 is 0. The van der Waals surface area contributed by atoms with Gasteiger partial charge in [-0.15, -0.1) is 0 Å².